The summed E-state index contributed by atoms with van der Waals surface area (Å²) in [6.07, 6.45) is 22.7. The highest BCUT2D eigenvalue weighted by atomic mass is 16.8. The zero-order valence-electron chi connectivity index (χ0n) is 32.8. The van der Waals surface area contributed by atoms with Crippen molar-refractivity contribution < 1.29 is 33.0 Å². The Balaban J connectivity index is 0.901. The van der Waals surface area contributed by atoms with Crippen molar-refractivity contribution in [2.75, 3.05) is 47.1 Å². The molecule has 8 heteroatoms. The summed E-state index contributed by atoms with van der Waals surface area (Å²) in [6.45, 7) is 3.65. The van der Waals surface area contributed by atoms with E-state index in [0.717, 1.165) is 32.1 Å². The third kappa shape index (κ3) is 8.81. The third-order valence-corrected chi connectivity index (χ3v) is 13.3. The molecule has 2 heterocycles. The summed E-state index contributed by atoms with van der Waals surface area (Å²) < 4.78 is 25.0. The van der Waals surface area contributed by atoms with Crippen LogP contribution in [0.5, 0.6) is 0 Å². The van der Waals surface area contributed by atoms with Crippen molar-refractivity contribution >= 4 is 12.1 Å². The first-order valence-electron chi connectivity index (χ1n) is 21.2. The molecule has 0 bridgehead atoms. The van der Waals surface area contributed by atoms with Crippen LogP contribution in [0.15, 0.2) is 60.7 Å². The number of carbonyl (C=O) groups excluding carboxylic acids is 2. The minimum absolute atomic E-state index is 0.104. The summed E-state index contributed by atoms with van der Waals surface area (Å²) in [5, 5.41) is 0. The molecular formula is C45H67N2O6+. The predicted molar refractivity (Wildman–Crippen MR) is 208 cm³/mol. The summed E-state index contributed by atoms with van der Waals surface area (Å²) in [6, 6.07) is 20.2. The van der Waals surface area contributed by atoms with E-state index < -0.39 is 24.5 Å². The van der Waals surface area contributed by atoms with Crippen molar-refractivity contribution in [3.05, 3.63) is 71.8 Å². The number of piperidine rings is 2. The molecule has 0 amide bonds. The van der Waals surface area contributed by atoms with Gasteiger partial charge in [0.2, 0.25) is 5.60 Å². The lowest BCUT2D eigenvalue weighted by Crippen LogP contribution is -2.94. The van der Waals surface area contributed by atoms with Crippen molar-refractivity contribution in [1.82, 2.24) is 4.90 Å². The summed E-state index contributed by atoms with van der Waals surface area (Å²) in [5.41, 5.74) is -0.168. The van der Waals surface area contributed by atoms with E-state index in [1.807, 2.05) is 60.7 Å². The fourth-order valence-corrected chi connectivity index (χ4v) is 10.5. The molecule has 2 spiro atoms. The number of carbonyl (C=O) groups is 2. The monoisotopic (exact) mass is 731 g/mol. The van der Waals surface area contributed by atoms with Crippen LogP contribution in [0.1, 0.15) is 133 Å². The van der Waals surface area contributed by atoms with Crippen LogP contribution in [0, 0.1) is 5.41 Å². The summed E-state index contributed by atoms with van der Waals surface area (Å²) >= 11 is 0. The van der Waals surface area contributed by atoms with Crippen molar-refractivity contribution in [2.45, 2.75) is 146 Å². The number of unbranched alkanes of at least 4 members (excludes halogenated alkanes) is 13. The van der Waals surface area contributed by atoms with Crippen LogP contribution in [0.25, 0.3) is 0 Å². The van der Waals surface area contributed by atoms with Crippen molar-refractivity contribution in [1.29, 1.82) is 0 Å². The molecule has 2 aliphatic carbocycles. The molecule has 8 nitrogen and oxygen atoms in total. The van der Waals surface area contributed by atoms with Gasteiger partial charge in [0, 0.05) is 25.7 Å². The summed E-state index contributed by atoms with van der Waals surface area (Å²) in [5.74, 6) is -0.447. The van der Waals surface area contributed by atoms with Crippen LogP contribution in [0.4, 0.5) is 4.79 Å². The standard InChI is InChI=1S/C45H67N2O6/c1-46(2)31-21-13-11-9-7-5-3-4-6-8-10-12-14-24-34-50-43(49)51-36-52-45(37-25-17-15-18-26-37,38-27-19-16-20-28-38)42(48)53-41-35-40-44(41)30-29-39(44)47(40)32-22-23-33-47/h15-20,25-28,39-41H,3-14,21-24,29-36H2,1-2H3/q+1. The maximum atomic E-state index is 14.5. The Labute approximate surface area is 319 Å². The number of rotatable bonds is 24. The molecule has 4 fully saturated rings. The first-order chi connectivity index (χ1) is 25.9. The van der Waals surface area contributed by atoms with E-state index in [2.05, 4.69) is 19.0 Å². The lowest BCUT2D eigenvalue weighted by molar-refractivity contribution is -1.05. The number of quaternary nitrogens is 1. The average molecular weight is 732 g/mol. The first-order valence-corrected chi connectivity index (χ1v) is 21.2. The van der Waals surface area contributed by atoms with E-state index in [9.17, 15) is 9.59 Å². The molecule has 2 aliphatic heterocycles. The largest absolute Gasteiger partial charge is 0.510 e. The molecule has 2 aromatic carbocycles. The first kappa shape index (κ1) is 39.7. The number of fused-ring (bicyclic) bond motifs is 2. The Morgan fingerprint density at radius 3 is 1.74 bits per heavy atom. The molecule has 2 saturated carbocycles. The molecule has 6 rings (SSSR count). The molecule has 53 heavy (non-hydrogen) atoms. The molecule has 4 unspecified atom stereocenters. The highest BCUT2D eigenvalue weighted by Gasteiger charge is 2.86. The van der Waals surface area contributed by atoms with Crippen LogP contribution >= 0.6 is 0 Å². The highest BCUT2D eigenvalue weighted by Crippen LogP contribution is 2.73. The molecule has 0 N–H and O–H groups in total. The van der Waals surface area contributed by atoms with Crippen LogP contribution in [0.3, 0.4) is 0 Å². The number of esters is 1. The highest BCUT2D eigenvalue weighted by molar-refractivity contribution is 5.86. The number of hydrogen-bond acceptors (Lipinski definition) is 7. The lowest BCUT2D eigenvalue weighted by Gasteiger charge is -2.80. The molecule has 0 aromatic heterocycles. The van der Waals surface area contributed by atoms with Gasteiger partial charge in [-0.2, -0.15) is 0 Å². The van der Waals surface area contributed by atoms with Gasteiger partial charge in [0.05, 0.1) is 19.7 Å². The topological polar surface area (TPSA) is 74.3 Å². The number of hydrogen-bond donors (Lipinski definition) is 0. The minimum Gasteiger partial charge on any atom is -0.458 e. The van der Waals surface area contributed by atoms with Gasteiger partial charge in [-0.05, 0) is 51.0 Å². The van der Waals surface area contributed by atoms with Gasteiger partial charge in [0.25, 0.3) is 0 Å². The Morgan fingerprint density at radius 1 is 0.717 bits per heavy atom. The van der Waals surface area contributed by atoms with Gasteiger partial charge in [0.1, 0.15) is 23.6 Å². The molecule has 2 aromatic rings. The smallest absolute Gasteiger partial charge is 0.458 e. The third-order valence-electron chi connectivity index (χ3n) is 13.3. The molecule has 0 radical (unpaired) electrons. The van der Waals surface area contributed by atoms with Gasteiger partial charge >= 0.3 is 12.1 Å². The van der Waals surface area contributed by atoms with Crippen LogP contribution in [-0.4, -0.2) is 86.8 Å². The molecule has 2 saturated heterocycles. The number of nitrogens with zero attached hydrogens (tertiary/aromatic N) is 2. The SMILES string of the molecule is CN(C)CCCCCCCCCCCCCCCCOC(=O)OCOC(C(=O)OC1CC2C13CCC3[N+]21CCCC1)(c1ccccc1)c1ccccc1. The number of ether oxygens (including phenoxy) is 4. The zero-order chi connectivity index (χ0) is 37.0. The molecule has 4 aliphatic rings. The Kier molecular flexibility index (Phi) is 14.3. The van der Waals surface area contributed by atoms with Crippen LogP contribution in [0.2, 0.25) is 0 Å². The second kappa shape index (κ2) is 19.1. The van der Waals surface area contributed by atoms with Gasteiger partial charge in [0.15, 0.2) is 6.79 Å². The lowest BCUT2D eigenvalue weighted by atomic mass is 9.39. The summed E-state index contributed by atoms with van der Waals surface area (Å²) in [7, 11) is 4.30. The maximum Gasteiger partial charge on any atom is 0.510 e. The zero-order valence-corrected chi connectivity index (χ0v) is 32.8. The maximum absolute atomic E-state index is 14.5. The van der Waals surface area contributed by atoms with Gasteiger partial charge in [-0.3, -0.25) is 0 Å². The van der Waals surface area contributed by atoms with Crippen LogP contribution in [-0.2, 0) is 29.3 Å². The number of benzene rings is 2. The molecule has 4 atom stereocenters. The normalized spacial score (nSPS) is 23.7. The molecule has 292 valence electrons. The van der Waals surface area contributed by atoms with E-state index >= 15 is 0 Å². The van der Waals surface area contributed by atoms with Crippen molar-refractivity contribution in [3.63, 3.8) is 0 Å². The summed E-state index contributed by atoms with van der Waals surface area (Å²) in [4.78, 5) is 29.4. The fraction of sp³-hybridized carbons (Fsp3) is 0.689. The quantitative estimate of drug-likeness (QED) is 0.0461. The van der Waals surface area contributed by atoms with Gasteiger partial charge in [-0.1, -0.05) is 138 Å². The van der Waals surface area contributed by atoms with Crippen molar-refractivity contribution in [2.24, 2.45) is 5.41 Å². The van der Waals surface area contributed by atoms with Gasteiger partial charge < -0.3 is 28.3 Å². The Bertz CT molecular complexity index is 1360. The van der Waals surface area contributed by atoms with E-state index in [0.29, 0.717) is 29.8 Å². The predicted octanol–water partition coefficient (Wildman–Crippen LogP) is 9.54. The molecular weight excluding hydrogens is 665 g/mol. The average Bonchev–Trinajstić information content (AvgIpc) is 3.63. The second-order valence-electron chi connectivity index (χ2n) is 16.7. The van der Waals surface area contributed by atoms with Crippen LogP contribution < -0.4 is 0 Å². The van der Waals surface area contributed by atoms with E-state index in [4.69, 9.17) is 18.9 Å². The van der Waals surface area contributed by atoms with Gasteiger partial charge in [-0.25, -0.2) is 9.59 Å². The van der Waals surface area contributed by atoms with E-state index in [1.54, 1.807) is 0 Å². The minimum atomic E-state index is -1.58. The Hall–Kier alpha value is -2.94. The fourth-order valence-electron chi connectivity index (χ4n) is 10.5. The van der Waals surface area contributed by atoms with Crippen molar-refractivity contribution in [3.8, 4) is 0 Å². The second-order valence-corrected chi connectivity index (χ2v) is 16.7. The van der Waals surface area contributed by atoms with Gasteiger partial charge in [-0.15, -0.1) is 0 Å². The van der Waals surface area contributed by atoms with E-state index in [1.165, 1.54) is 114 Å². The van der Waals surface area contributed by atoms with E-state index in [-0.39, 0.29) is 11.5 Å². The Morgan fingerprint density at radius 2 is 1.25 bits per heavy atom.